The number of hydrogen-bond donors (Lipinski definition) is 4. The van der Waals surface area contributed by atoms with E-state index < -0.39 is 96.1 Å². The standard InChI is InChI=1S/C54H72N6O14/c1-8-70-50(67)43-21-15-16-30-59(48(65)41(57-51(68)73-53(2,3)4)26-28-46(63)71-35-39-17-11-9-12-18-39)33-44(61)55-31-37-22-24-38(25-23-37)32-56-45(62)34-60(43)49(66)42(58-52(69)74-54(5,6)7)27-29-47(64)72-36-40-19-13-10-14-20-40/h9-14,17-20,22-25,41-43H,8,15-16,21,26-36H2,1-7H3,(H,55,61)(H,56,62)(H,57,68)(H,58,69)/t41-,42-,43+/m0/s1. The molecule has 0 unspecified atom stereocenters. The van der Waals surface area contributed by atoms with Crippen LogP contribution in [0.3, 0.4) is 0 Å². The first-order valence-corrected chi connectivity index (χ1v) is 24.8. The maximum Gasteiger partial charge on any atom is 0.408 e. The third-order valence-electron chi connectivity index (χ3n) is 11.1. The average Bonchev–Trinajstić information content (AvgIpc) is 3.34. The van der Waals surface area contributed by atoms with Crippen molar-refractivity contribution in [2.75, 3.05) is 26.2 Å². The molecule has 3 atom stereocenters. The Hall–Kier alpha value is -7.51. The monoisotopic (exact) mass is 1030 g/mol. The first-order chi connectivity index (χ1) is 35.1. The van der Waals surface area contributed by atoms with Crippen LogP contribution in [0.2, 0.25) is 0 Å². The molecule has 74 heavy (non-hydrogen) atoms. The molecule has 0 fully saturated rings. The van der Waals surface area contributed by atoms with Gasteiger partial charge in [0.25, 0.3) is 0 Å². The van der Waals surface area contributed by atoms with Crippen molar-refractivity contribution in [3.05, 3.63) is 107 Å². The maximum absolute atomic E-state index is 14.9. The largest absolute Gasteiger partial charge is 0.464 e. The summed E-state index contributed by atoms with van der Waals surface area (Å²) in [4.78, 5) is 126. The second-order valence-corrected chi connectivity index (χ2v) is 19.6. The third kappa shape index (κ3) is 22.1. The summed E-state index contributed by atoms with van der Waals surface area (Å²) in [5.74, 6) is -5.02. The molecule has 2 aliphatic rings. The molecule has 4 N–H and O–H groups in total. The van der Waals surface area contributed by atoms with Gasteiger partial charge in [0.05, 0.1) is 13.2 Å². The topological polar surface area (TPSA) is 254 Å². The van der Waals surface area contributed by atoms with Crippen LogP contribution >= 0.6 is 0 Å². The zero-order valence-electron chi connectivity index (χ0n) is 43.5. The lowest BCUT2D eigenvalue weighted by Gasteiger charge is -2.33. The Morgan fingerprint density at radius 1 is 0.608 bits per heavy atom. The molecule has 3 aromatic rings. The number of benzene rings is 3. The fraction of sp³-hybridized carbons (Fsp3) is 0.500. The Morgan fingerprint density at radius 2 is 1.05 bits per heavy atom. The van der Waals surface area contributed by atoms with Crippen LogP contribution in [-0.4, -0.2) is 119 Å². The lowest BCUT2D eigenvalue weighted by Crippen LogP contribution is -2.57. The van der Waals surface area contributed by atoms with Crippen LogP contribution in [0.5, 0.6) is 0 Å². The highest BCUT2D eigenvalue weighted by Gasteiger charge is 2.38. The van der Waals surface area contributed by atoms with Crippen LogP contribution in [0.1, 0.15) is 116 Å². The Kier molecular flexibility index (Phi) is 23.3. The van der Waals surface area contributed by atoms with Gasteiger partial charge in [-0.1, -0.05) is 84.9 Å². The zero-order valence-corrected chi connectivity index (χ0v) is 43.5. The average molecular weight is 1030 g/mol. The highest BCUT2D eigenvalue weighted by Crippen LogP contribution is 2.19. The lowest BCUT2D eigenvalue weighted by atomic mass is 10.0. The molecule has 20 heteroatoms. The molecule has 0 saturated heterocycles. The highest BCUT2D eigenvalue weighted by atomic mass is 16.6. The Morgan fingerprint density at radius 3 is 1.50 bits per heavy atom. The second-order valence-electron chi connectivity index (χ2n) is 19.6. The minimum Gasteiger partial charge on any atom is -0.464 e. The smallest absolute Gasteiger partial charge is 0.408 e. The van der Waals surface area contributed by atoms with E-state index in [2.05, 4.69) is 21.3 Å². The third-order valence-corrected chi connectivity index (χ3v) is 11.1. The van der Waals surface area contributed by atoms with Gasteiger partial charge in [0.1, 0.15) is 49.1 Å². The summed E-state index contributed by atoms with van der Waals surface area (Å²) in [7, 11) is 0. The first kappa shape index (κ1) is 59.1. The van der Waals surface area contributed by atoms with Crippen molar-refractivity contribution in [1.29, 1.82) is 0 Å². The molecular formula is C54H72N6O14. The molecule has 0 spiro atoms. The number of nitrogens with zero attached hydrogens (tertiary/aromatic N) is 2. The van der Waals surface area contributed by atoms with Crippen LogP contribution in [0.25, 0.3) is 0 Å². The molecule has 2 heterocycles. The van der Waals surface area contributed by atoms with E-state index in [-0.39, 0.29) is 84.4 Å². The van der Waals surface area contributed by atoms with Gasteiger partial charge in [-0.2, -0.15) is 0 Å². The molecule has 0 aliphatic carbocycles. The molecule has 0 aromatic heterocycles. The van der Waals surface area contributed by atoms with Gasteiger partial charge < -0.3 is 54.8 Å². The van der Waals surface area contributed by atoms with Crippen molar-refractivity contribution < 1.29 is 66.8 Å². The van der Waals surface area contributed by atoms with E-state index in [0.717, 1.165) is 16.0 Å². The molecule has 6 amide bonds. The molecule has 0 saturated carbocycles. The van der Waals surface area contributed by atoms with E-state index in [1.807, 2.05) is 12.1 Å². The van der Waals surface area contributed by atoms with Gasteiger partial charge >= 0.3 is 30.1 Å². The summed E-state index contributed by atoms with van der Waals surface area (Å²) < 4.78 is 27.3. The summed E-state index contributed by atoms with van der Waals surface area (Å²) >= 11 is 0. The van der Waals surface area contributed by atoms with Crippen LogP contribution in [0, 0.1) is 0 Å². The van der Waals surface area contributed by atoms with Crippen molar-refractivity contribution >= 4 is 53.7 Å². The van der Waals surface area contributed by atoms with Gasteiger partial charge in [0, 0.05) is 32.5 Å². The Bertz CT molecular complexity index is 2350. The van der Waals surface area contributed by atoms with Gasteiger partial charge in [-0.15, -0.1) is 0 Å². The highest BCUT2D eigenvalue weighted by molar-refractivity contribution is 5.93. The maximum atomic E-state index is 14.9. The van der Waals surface area contributed by atoms with Crippen molar-refractivity contribution in [3.8, 4) is 0 Å². The lowest BCUT2D eigenvalue weighted by molar-refractivity contribution is -0.157. The first-order valence-electron chi connectivity index (χ1n) is 24.8. The number of fused-ring (bicyclic) bond motifs is 16. The van der Waals surface area contributed by atoms with Crippen molar-refractivity contribution in [1.82, 2.24) is 31.1 Å². The fourth-order valence-electron chi connectivity index (χ4n) is 7.48. The van der Waals surface area contributed by atoms with Crippen LogP contribution < -0.4 is 21.3 Å². The molecule has 2 bridgehead atoms. The normalized spacial score (nSPS) is 15.8. The minimum absolute atomic E-state index is 0.0158. The fourth-order valence-corrected chi connectivity index (χ4v) is 7.48. The number of nitrogens with one attached hydrogen (secondary N) is 4. The summed E-state index contributed by atoms with van der Waals surface area (Å²) in [5, 5.41) is 10.7. The van der Waals surface area contributed by atoms with Gasteiger partial charge in [-0.05, 0) is 103 Å². The van der Waals surface area contributed by atoms with Crippen molar-refractivity contribution in [2.24, 2.45) is 0 Å². The van der Waals surface area contributed by atoms with E-state index in [1.165, 1.54) is 4.90 Å². The van der Waals surface area contributed by atoms with Crippen LogP contribution in [0.15, 0.2) is 84.9 Å². The van der Waals surface area contributed by atoms with Crippen LogP contribution in [0.4, 0.5) is 9.59 Å². The number of amides is 6. The molecule has 20 nitrogen and oxygen atoms in total. The van der Waals surface area contributed by atoms with Crippen molar-refractivity contribution in [3.63, 3.8) is 0 Å². The molecule has 3 aromatic carbocycles. The Labute approximate surface area is 432 Å². The number of ether oxygens (including phenoxy) is 5. The number of carbonyl (C=O) groups excluding carboxylic acids is 9. The van der Waals surface area contributed by atoms with E-state index in [9.17, 15) is 43.2 Å². The van der Waals surface area contributed by atoms with Gasteiger partial charge in [0.15, 0.2) is 0 Å². The summed E-state index contributed by atoms with van der Waals surface area (Å²) in [5.41, 5.74) is 0.889. The van der Waals surface area contributed by atoms with Crippen molar-refractivity contribution in [2.45, 2.75) is 149 Å². The molecular weight excluding hydrogens is 957 g/mol. The molecule has 0 radical (unpaired) electrons. The van der Waals surface area contributed by atoms with Gasteiger partial charge in [-0.3, -0.25) is 28.8 Å². The van der Waals surface area contributed by atoms with E-state index in [1.54, 1.807) is 121 Å². The second kappa shape index (κ2) is 29.3. The molecule has 5 rings (SSSR count). The Balaban J connectivity index is 1.67. The number of esters is 3. The van der Waals surface area contributed by atoms with E-state index >= 15 is 0 Å². The summed E-state index contributed by atoms with van der Waals surface area (Å²) in [6, 6.07) is 20.5. The van der Waals surface area contributed by atoms with E-state index in [0.29, 0.717) is 11.1 Å². The summed E-state index contributed by atoms with van der Waals surface area (Å²) in [6.07, 6.45) is -3.04. The SMILES string of the molecule is CCOC(=O)[C@H]1CCCCN(C(=O)[C@H](CCC(=O)OCc2ccccc2)NC(=O)OC(C)(C)C)CC(=O)NCc2ccc(cc2)CNC(=O)CN1C(=O)[C@H](CCC(=O)OCc1ccccc1)NC(=O)OC(C)(C)C. The van der Waals surface area contributed by atoms with Crippen LogP contribution in [-0.2, 0) is 83.5 Å². The molecule has 402 valence electrons. The predicted octanol–water partition coefficient (Wildman–Crippen LogP) is 5.53. The van der Waals surface area contributed by atoms with Gasteiger partial charge in [-0.25, -0.2) is 14.4 Å². The predicted molar refractivity (Wildman–Crippen MR) is 270 cm³/mol. The number of alkyl carbamates (subject to hydrolysis) is 2. The number of rotatable bonds is 16. The van der Waals surface area contributed by atoms with E-state index in [4.69, 9.17) is 23.7 Å². The summed E-state index contributed by atoms with van der Waals surface area (Å²) in [6.45, 7) is 10.0. The number of hydrogen-bond acceptors (Lipinski definition) is 14. The molecule has 2 aliphatic heterocycles. The minimum atomic E-state index is -1.51. The van der Waals surface area contributed by atoms with Gasteiger partial charge in [0.2, 0.25) is 23.6 Å². The quantitative estimate of drug-likeness (QED) is 0.102. The zero-order chi connectivity index (χ0) is 54.3. The number of carbonyl (C=O) groups is 9.